The lowest BCUT2D eigenvalue weighted by atomic mass is 9.73. The van der Waals surface area contributed by atoms with Crippen molar-refractivity contribution in [1.29, 1.82) is 0 Å². The van der Waals surface area contributed by atoms with Gasteiger partial charge in [-0.2, -0.15) is 0 Å². The van der Waals surface area contributed by atoms with Gasteiger partial charge in [0, 0.05) is 41.1 Å². The molecule has 0 bridgehead atoms. The van der Waals surface area contributed by atoms with E-state index in [0.717, 1.165) is 5.56 Å². The van der Waals surface area contributed by atoms with Crippen LogP contribution in [0.4, 0.5) is 15.8 Å². The molecule has 2 N–H and O–H groups in total. The summed E-state index contributed by atoms with van der Waals surface area (Å²) in [6.45, 7) is 5.92. The monoisotopic (exact) mass is 601 g/mol. The molecule has 0 spiro atoms. The highest BCUT2D eigenvalue weighted by atomic mass is 19.1. The van der Waals surface area contributed by atoms with Crippen LogP contribution in [0.15, 0.2) is 96.3 Å². The number of carbonyl (C=O) groups is 2. The van der Waals surface area contributed by atoms with Gasteiger partial charge in [0.2, 0.25) is 0 Å². The highest BCUT2D eigenvalue weighted by molar-refractivity contribution is 6.11. The lowest BCUT2D eigenvalue weighted by Gasteiger charge is -2.37. The number of para-hydroxylation sites is 1. The highest BCUT2D eigenvalue weighted by Gasteiger charge is 2.45. The number of fused-ring (bicyclic) bond motifs is 1. The number of aromatic hydroxyl groups is 1. The van der Waals surface area contributed by atoms with E-state index in [4.69, 9.17) is 4.74 Å². The molecule has 1 aliphatic heterocycles. The summed E-state index contributed by atoms with van der Waals surface area (Å²) < 4.78 is 22.2. The molecule has 1 aromatic heterocycles. The van der Waals surface area contributed by atoms with Gasteiger partial charge in [0.25, 0.3) is 5.91 Å². The number of amides is 1. The molecule has 226 valence electrons. The predicted octanol–water partition coefficient (Wildman–Crippen LogP) is 7.33. The first-order chi connectivity index (χ1) is 21.6. The zero-order valence-electron chi connectivity index (χ0n) is 25.2. The number of hydrogen-bond donors (Lipinski definition) is 2. The first kappa shape index (κ1) is 29.6. The number of anilines is 2. The number of carbonyl (C=O) groups excluding carboxylic acids is 2. The van der Waals surface area contributed by atoms with Gasteiger partial charge in [-0.25, -0.2) is 9.37 Å². The number of phenolic OH excluding ortho intramolecular Hbond substituents is 1. The molecule has 1 atom stereocenters. The lowest BCUT2D eigenvalue weighted by molar-refractivity contribution is -0.118. The molecule has 2 heterocycles. The van der Waals surface area contributed by atoms with Crippen molar-refractivity contribution in [3.8, 4) is 23.3 Å². The summed E-state index contributed by atoms with van der Waals surface area (Å²) in [6.07, 6.45) is 2.15. The van der Waals surface area contributed by atoms with E-state index in [9.17, 15) is 14.7 Å². The number of nitrogens with one attached hydrogen (secondary N) is 1. The van der Waals surface area contributed by atoms with E-state index in [0.29, 0.717) is 23.4 Å². The number of nitrogens with zero attached hydrogens (tertiary/aromatic N) is 2. The van der Waals surface area contributed by atoms with Crippen molar-refractivity contribution in [2.45, 2.75) is 46.3 Å². The second kappa shape index (κ2) is 11.9. The number of aromatic nitrogens is 1. The maximum absolute atomic E-state index is 16.3. The van der Waals surface area contributed by atoms with Crippen LogP contribution in [0.5, 0.6) is 11.5 Å². The van der Waals surface area contributed by atoms with Gasteiger partial charge in [0.05, 0.1) is 11.7 Å². The van der Waals surface area contributed by atoms with Crippen molar-refractivity contribution >= 4 is 23.1 Å². The maximum Gasteiger partial charge on any atom is 0.277 e. The normalized spacial score (nSPS) is 16.8. The van der Waals surface area contributed by atoms with E-state index in [1.54, 1.807) is 43.3 Å². The Balaban J connectivity index is 1.52. The lowest BCUT2D eigenvalue weighted by Crippen LogP contribution is -2.40. The van der Waals surface area contributed by atoms with Gasteiger partial charge in [0.1, 0.15) is 35.3 Å². The summed E-state index contributed by atoms with van der Waals surface area (Å²) in [5.41, 5.74) is 2.69. The first-order valence-corrected chi connectivity index (χ1v) is 14.7. The number of allylic oxidation sites excluding steroid dienone is 1. The number of rotatable bonds is 5. The van der Waals surface area contributed by atoms with Gasteiger partial charge in [-0.3, -0.25) is 14.5 Å². The average Bonchev–Trinajstić information content (AvgIpc) is 3.15. The minimum atomic E-state index is -1.16. The van der Waals surface area contributed by atoms with Gasteiger partial charge < -0.3 is 15.2 Å². The van der Waals surface area contributed by atoms with Gasteiger partial charge in [-0.05, 0) is 60.7 Å². The molecule has 7 nitrogen and oxygen atoms in total. The molecule has 0 saturated carbocycles. The topological polar surface area (TPSA) is 91.8 Å². The van der Waals surface area contributed by atoms with Crippen molar-refractivity contribution in [1.82, 2.24) is 4.98 Å². The van der Waals surface area contributed by atoms with E-state index in [-0.39, 0.29) is 52.8 Å². The van der Waals surface area contributed by atoms with E-state index in [1.807, 2.05) is 44.2 Å². The summed E-state index contributed by atoms with van der Waals surface area (Å²) in [6, 6.07) is 20.8. The van der Waals surface area contributed by atoms with Gasteiger partial charge in [0.15, 0.2) is 5.78 Å². The Morgan fingerprint density at radius 2 is 1.89 bits per heavy atom. The van der Waals surface area contributed by atoms with Gasteiger partial charge >= 0.3 is 0 Å². The number of ketones is 1. The second-order valence-corrected chi connectivity index (χ2v) is 12.0. The average molecular weight is 602 g/mol. The predicted molar refractivity (Wildman–Crippen MR) is 170 cm³/mol. The summed E-state index contributed by atoms with van der Waals surface area (Å²) in [7, 11) is 0. The fourth-order valence-electron chi connectivity index (χ4n) is 5.98. The molecule has 4 aromatic rings. The van der Waals surface area contributed by atoms with Crippen LogP contribution < -0.4 is 15.0 Å². The molecule has 0 saturated heterocycles. The SMILES string of the molecule is CC#Cc1ccc(C(=O)N2c3cccc(O)c3NC3=C(C(=O)CC(C)(C)C3)[C@@H]2c2ccc(OCc3ccccc3)cc2F)nc1. The van der Waals surface area contributed by atoms with Gasteiger partial charge in [-0.1, -0.05) is 56.2 Å². The van der Waals surface area contributed by atoms with Crippen LogP contribution in [0.3, 0.4) is 0 Å². The molecular weight excluding hydrogens is 569 g/mol. The van der Waals surface area contributed by atoms with Crippen LogP contribution >= 0.6 is 0 Å². The number of phenols is 1. The largest absolute Gasteiger partial charge is 0.506 e. The van der Waals surface area contributed by atoms with E-state index in [1.165, 1.54) is 23.2 Å². The van der Waals surface area contributed by atoms with E-state index < -0.39 is 23.2 Å². The first-order valence-electron chi connectivity index (χ1n) is 14.7. The Morgan fingerprint density at radius 3 is 2.60 bits per heavy atom. The number of benzene rings is 3. The Morgan fingerprint density at radius 1 is 1.09 bits per heavy atom. The van der Waals surface area contributed by atoms with Crippen molar-refractivity contribution in [3.05, 3.63) is 125 Å². The molecule has 0 fully saturated rings. The minimum Gasteiger partial charge on any atom is -0.506 e. The number of ether oxygens (including phenoxy) is 1. The van der Waals surface area contributed by atoms with Crippen LogP contribution in [0.2, 0.25) is 0 Å². The van der Waals surface area contributed by atoms with Crippen molar-refractivity contribution in [2.24, 2.45) is 5.41 Å². The molecule has 0 unspecified atom stereocenters. The quantitative estimate of drug-likeness (QED) is 0.184. The van der Waals surface area contributed by atoms with Gasteiger partial charge in [-0.15, -0.1) is 5.92 Å². The maximum atomic E-state index is 16.3. The summed E-state index contributed by atoms with van der Waals surface area (Å²) in [4.78, 5) is 34.2. The van der Waals surface area contributed by atoms with E-state index >= 15 is 4.39 Å². The summed E-state index contributed by atoms with van der Waals surface area (Å²) in [5, 5.41) is 14.3. The molecule has 1 amide bonds. The van der Waals surface area contributed by atoms with Crippen molar-refractivity contribution in [3.63, 3.8) is 0 Å². The van der Waals surface area contributed by atoms with Crippen LogP contribution in [-0.4, -0.2) is 21.8 Å². The number of hydrogen-bond acceptors (Lipinski definition) is 6. The third-order valence-corrected chi connectivity index (χ3v) is 7.99. The van der Waals surface area contributed by atoms with Crippen LogP contribution in [0, 0.1) is 23.1 Å². The van der Waals surface area contributed by atoms with Crippen LogP contribution in [0.1, 0.15) is 66.8 Å². The van der Waals surface area contributed by atoms with Crippen molar-refractivity contribution < 1.29 is 23.8 Å². The van der Waals surface area contributed by atoms with E-state index in [2.05, 4.69) is 22.1 Å². The molecule has 1 aliphatic carbocycles. The zero-order chi connectivity index (χ0) is 31.7. The molecule has 8 heteroatoms. The smallest absolute Gasteiger partial charge is 0.277 e. The number of halogens is 1. The third-order valence-electron chi connectivity index (χ3n) is 7.99. The fourth-order valence-corrected chi connectivity index (χ4v) is 5.98. The van der Waals surface area contributed by atoms with Crippen LogP contribution in [-0.2, 0) is 11.4 Å². The highest BCUT2D eigenvalue weighted by Crippen LogP contribution is 2.51. The van der Waals surface area contributed by atoms with Crippen LogP contribution in [0.25, 0.3) is 0 Å². The molecule has 2 aliphatic rings. The second-order valence-electron chi connectivity index (χ2n) is 12.0. The summed E-state index contributed by atoms with van der Waals surface area (Å²) >= 11 is 0. The Kier molecular flexibility index (Phi) is 7.86. The molecule has 3 aromatic carbocycles. The molecule has 0 radical (unpaired) electrons. The standard InChI is InChI=1S/C37H32FN3O4/c1-4-9-23-14-17-28(39-21-23)36(44)41-30-12-8-13-31(42)34(30)40-29-19-37(2,3)20-32(43)33(29)35(41)26-16-15-25(18-27(26)38)45-22-24-10-6-5-7-11-24/h5-8,10-18,21,35,40,42H,19-20,22H2,1-3H3/t35-/m0/s1. The number of pyridine rings is 1. The molecule has 6 rings (SSSR count). The fraction of sp³-hybridized carbons (Fsp3) is 0.216. The third kappa shape index (κ3) is 5.89. The minimum absolute atomic E-state index is 0.0757. The molecular formula is C37H32FN3O4. The Bertz CT molecular complexity index is 1890. The van der Waals surface area contributed by atoms with Crippen molar-refractivity contribution in [2.75, 3.05) is 10.2 Å². The molecule has 45 heavy (non-hydrogen) atoms. The zero-order valence-corrected chi connectivity index (χ0v) is 25.2. The number of Topliss-reactive ketones (excluding diaryl/α,β-unsaturated/α-hetero) is 1. The Hall–Kier alpha value is -5.42. The summed E-state index contributed by atoms with van der Waals surface area (Å²) in [5.74, 6) is 4.49. The Labute approximate surface area is 261 Å².